The van der Waals surface area contributed by atoms with E-state index in [0.29, 0.717) is 24.7 Å². The molecule has 1 saturated heterocycles. The van der Waals surface area contributed by atoms with Gasteiger partial charge in [-0.1, -0.05) is 30.3 Å². The molecule has 9 nitrogen and oxygen atoms in total. The summed E-state index contributed by atoms with van der Waals surface area (Å²) in [6, 6.07) is 16.4. The third-order valence-corrected chi connectivity index (χ3v) is 5.62. The predicted molar refractivity (Wildman–Crippen MR) is 122 cm³/mol. The monoisotopic (exact) mass is 444 g/mol. The van der Waals surface area contributed by atoms with Crippen LogP contribution in [0.2, 0.25) is 0 Å². The Balaban J connectivity index is 1.72. The number of aromatic nitrogens is 3. The molecule has 0 spiro atoms. The summed E-state index contributed by atoms with van der Waals surface area (Å²) in [6.45, 7) is 2.81. The first kappa shape index (κ1) is 20.7. The molecular weight excluding hydrogens is 424 g/mol. The molecule has 0 saturated carbocycles. The fourth-order valence-corrected chi connectivity index (χ4v) is 3.95. The molecule has 4 aromatic rings. The van der Waals surface area contributed by atoms with E-state index in [0.717, 1.165) is 24.3 Å². The second-order valence-corrected chi connectivity index (χ2v) is 7.58. The number of anilines is 1. The number of aromatic hydroxyl groups is 1. The summed E-state index contributed by atoms with van der Waals surface area (Å²) in [7, 11) is 0. The number of rotatable bonds is 4. The van der Waals surface area contributed by atoms with E-state index in [2.05, 4.69) is 14.9 Å². The topological polar surface area (TPSA) is 118 Å². The zero-order valence-corrected chi connectivity index (χ0v) is 17.5. The highest BCUT2D eigenvalue weighted by atomic mass is 16.5. The lowest BCUT2D eigenvalue weighted by molar-refractivity contribution is 0.0691. The van der Waals surface area contributed by atoms with Gasteiger partial charge in [0.25, 0.3) is 5.56 Å². The van der Waals surface area contributed by atoms with Crippen LogP contribution in [0.5, 0.6) is 5.75 Å². The van der Waals surface area contributed by atoms with Crippen LogP contribution in [0.25, 0.3) is 28.1 Å². The van der Waals surface area contributed by atoms with Crippen LogP contribution in [0.15, 0.2) is 65.6 Å². The van der Waals surface area contributed by atoms with Crippen molar-refractivity contribution in [1.29, 1.82) is 0 Å². The van der Waals surface area contributed by atoms with Crippen LogP contribution >= 0.6 is 0 Å². The van der Waals surface area contributed by atoms with Crippen molar-refractivity contribution >= 4 is 22.7 Å². The Labute approximate surface area is 188 Å². The quantitative estimate of drug-likeness (QED) is 0.493. The van der Waals surface area contributed by atoms with Crippen LogP contribution in [0.4, 0.5) is 5.69 Å². The second-order valence-electron chi connectivity index (χ2n) is 7.58. The summed E-state index contributed by atoms with van der Waals surface area (Å²) in [5, 5.41) is 20.2. The molecule has 0 amide bonds. The van der Waals surface area contributed by atoms with Gasteiger partial charge in [-0.3, -0.25) is 9.36 Å². The smallest absolute Gasteiger partial charge is 0.345 e. The molecule has 0 atom stereocenters. The summed E-state index contributed by atoms with van der Waals surface area (Å²) in [6.07, 6.45) is 1.34. The summed E-state index contributed by atoms with van der Waals surface area (Å²) in [5.74, 6) is -1.82. The van der Waals surface area contributed by atoms with Crippen LogP contribution in [0.3, 0.4) is 0 Å². The fraction of sp³-hybridized carbons (Fsp3) is 0.167. The highest BCUT2D eigenvalue weighted by Crippen LogP contribution is 2.29. The average molecular weight is 444 g/mol. The lowest BCUT2D eigenvalue weighted by atomic mass is 10.1. The average Bonchev–Trinajstić information content (AvgIpc) is 2.85. The summed E-state index contributed by atoms with van der Waals surface area (Å²) in [4.78, 5) is 36.0. The Morgan fingerprint density at radius 1 is 0.970 bits per heavy atom. The van der Waals surface area contributed by atoms with Crippen LogP contribution in [-0.2, 0) is 4.74 Å². The fourth-order valence-electron chi connectivity index (χ4n) is 3.95. The van der Waals surface area contributed by atoms with Gasteiger partial charge >= 0.3 is 5.97 Å². The van der Waals surface area contributed by atoms with Gasteiger partial charge in [0.15, 0.2) is 17.0 Å². The number of carboxylic acid groups (broad SMARTS) is 1. The zero-order valence-electron chi connectivity index (χ0n) is 17.5. The summed E-state index contributed by atoms with van der Waals surface area (Å²) < 4.78 is 6.60. The van der Waals surface area contributed by atoms with Crippen LogP contribution in [0, 0.1) is 0 Å². The largest absolute Gasteiger partial charge is 0.506 e. The van der Waals surface area contributed by atoms with E-state index in [9.17, 15) is 19.8 Å². The minimum Gasteiger partial charge on any atom is -0.506 e. The van der Waals surface area contributed by atoms with Crippen molar-refractivity contribution in [3.05, 3.63) is 76.7 Å². The van der Waals surface area contributed by atoms with Gasteiger partial charge < -0.3 is 19.8 Å². The number of hydrogen-bond acceptors (Lipinski definition) is 7. The number of nitrogens with zero attached hydrogens (tertiary/aromatic N) is 4. The molecule has 3 heterocycles. The third kappa shape index (κ3) is 3.68. The molecule has 2 aromatic heterocycles. The van der Waals surface area contributed by atoms with Crippen molar-refractivity contribution in [2.75, 3.05) is 31.2 Å². The number of fused-ring (bicyclic) bond motifs is 1. The van der Waals surface area contributed by atoms with Crippen molar-refractivity contribution < 1.29 is 19.7 Å². The molecule has 1 aliphatic rings. The van der Waals surface area contributed by atoms with Crippen molar-refractivity contribution in [3.63, 3.8) is 0 Å². The van der Waals surface area contributed by atoms with Crippen molar-refractivity contribution in [3.8, 4) is 22.8 Å². The number of ether oxygens (including phenoxy) is 1. The van der Waals surface area contributed by atoms with Gasteiger partial charge in [-0.05, 0) is 24.3 Å². The minimum absolute atomic E-state index is 0.0731. The van der Waals surface area contributed by atoms with Crippen molar-refractivity contribution in [1.82, 2.24) is 14.5 Å². The van der Waals surface area contributed by atoms with Gasteiger partial charge in [0, 0.05) is 30.5 Å². The van der Waals surface area contributed by atoms with Gasteiger partial charge in [-0.2, -0.15) is 0 Å². The van der Waals surface area contributed by atoms with Crippen LogP contribution in [-0.4, -0.2) is 57.0 Å². The molecule has 0 unspecified atom stereocenters. The first-order chi connectivity index (χ1) is 16.0. The summed E-state index contributed by atoms with van der Waals surface area (Å²) >= 11 is 0. The van der Waals surface area contributed by atoms with E-state index in [-0.39, 0.29) is 11.0 Å². The Bertz CT molecular complexity index is 1390. The van der Waals surface area contributed by atoms with E-state index in [1.165, 1.54) is 10.8 Å². The minimum atomic E-state index is -1.52. The third-order valence-electron chi connectivity index (χ3n) is 5.62. The molecule has 0 aliphatic carbocycles. The highest BCUT2D eigenvalue weighted by molar-refractivity contribution is 5.98. The number of aromatic carboxylic acids is 1. The molecule has 0 bridgehead atoms. The molecule has 9 heteroatoms. The Kier molecular flexibility index (Phi) is 5.23. The predicted octanol–water partition coefficient (Wildman–Crippen LogP) is 2.69. The maximum atomic E-state index is 13.2. The number of benzene rings is 2. The van der Waals surface area contributed by atoms with Gasteiger partial charge in [-0.15, -0.1) is 0 Å². The second kappa shape index (κ2) is 8.36. The molecule has 1 fully saturated rings. The molecule has 2 N–H and O–H groups in total. The molecule has 5 rings (SSSR count). The number of morpholine rings is 1. The Morgan fingerprint density at radius 3 is 2.30 bits per heavy atom. The standard InChI is InChI=1S/C24H20N4O5/c29-20-18-14-25-21(15-4-2-1-3-5-15)26-22(18)28(23(30)19(20)24(31)32)17-8-6-16(7-9-17)27-10-12-33-13-11-27/h1-9,14,29H,10-13H2,(H,31,32). The van der Waals surface area contributed by atoms with E-state index in [1.54, 1.807) is 12.1 Å². The first-order valence-corrected chi connectivity index (χ1v) is 10.4. The van der Waals surface area contributed by atoms with E-state index < -0.39 is 22.8 Å². The number of hydrogen-bond donors (Lipinski definition) is 2. The molecule has 166 valence electrons. The Morgan fingerprint density at radius 2 is 1.64 bits per heavy atom. The van der Waals surface area contributed by atoms with Gasteiger partial charge in [0.05, 0.1) is 24.3 Å². The van der Waals surface area contributed by atoms with Gasteiger partial charge in [-0.25, -0.2) is 14.8 Å². The maximum Gasteiger partial charge on any atom is 0.345 e. The first-order valence-electron chi connectivity index (χ1n) is 10.4. The Hall–Kier alpha value is -4.24. The lowest BCUT2D eigenvalue weighted by Gasteiger charge is -2.29. The van der Waals surface area contributed by atoms with Crippen LogP contribution in [0.1, 0.15) is 10.4 Å². The molecule has 33 heavy (non-hydrogen) atoms. The van der Waals surface area contributed by atoms with E-state index in [1.807, 2.05) is 42.5 Å². The van der Waals surface area contributed by atoms with Crippen molar-refractivity contribution in [2.45, 2.75) is 0 Å². The lowest BCUT2D eigenvalue weighted by Crippen LogP contribution is -2.36. The summed E-state index contributed by atoms with van der Waals surface area (Å²) in [5.41, 5.74) is 0.650. The molecular formula is C24H20N4O5. The normalized spacial score (nSPS) is 13.9. The molecule has 2 aromatic carbocycles. The molecule has 1 aliphatic heterocycles. The van der Waals surface area contributed by atoms with Gasteiger partial charge in [0.2, 0.25) is 0 Å². The van der Waals surface area contributed by atoms with Crippen molar-refractivity contribution in [2.24, 2.45) is 0 Å². The SMILES string of the molecule is O=C(O)c1c(O)c2cnc(-c3ccccc3)nc2n(-c2ccc(N3CCOCC3)cc2)c1=O. The van der Waals surface area contributed by atoms with Crippen LogP contribution < -0.4 is 10.5 Å². The van der Waals surface area contributed by atoms with Gasteiger partial charge in [0.1, 0.15) is 5.75 Å². The highest BCUT2D eigenvalue weighted by Gasteiger charge is 2.24. The van der Waals surface area contributed by atoms with E-state index >= 15 is 0 Å². The number of pyridine rings is 1. The maximum absolute atomic E-state index is 13.2. The molecule has 0 radical (unpaired) electrons. The number of carboxylic acids is 1. The van der Waals surface area contributed by atoms with E-state index in [4.69, 9.17) is 4.74 Å². The zero-order chi connectivity index (χ0) is 22.9. The number of carbonyl (C=O) groups is 1.